The van der Waals surface area contributed by atoms with Gasteiger partial charge in [-0.3, -0.25) is 9.59 Å². The van der Waals surface area contributed by atoms with Crippen LogP contribution in [0.25, 0.3) is 0 Å². The van der Waals surface area contributed by atoms with Gasteiger partial charge in [-0.25, -0.2) is 4.39 Å². The van der Waals surface area contributed by atoms with Gasteiger partial charge in [0.05, 0.1) is 11.3 Å². The van der Waals surface area contributed by atoms with Crippen molar-refractivity contribution in [3.05, 3.63) is 90.2 Å². The fourth-order valence-corrected chi connectivity index (χ4v) is 2.51. The highest BCUT2D eigenvalue weighted by Gasteiger charge is 2.18. The summed E-state index contributed by atoms with van der Waals surface area (Å²) in [7, 11) is 0. The number of ether oxygens (including phenoxy) is 1. The number of para-hydroxylation sites is 2. The predicted octanol–water partition coefficient (Wildman–Crippen LogP) is 4.48. The first-order valence-electron chi connectivity index (χ1n) is 8.71. The van der Waals surface area contributed by atoms with Crippen molar-refractivity contribution in [2.24, 2.45) is 0 Å². The summed E-state index contributed by atoms with van der Waals surface area (Å²) in [4.78, 5) is 25.1. The van der Waals surface area contributed by atoms with Crippen molar-refractivity contribution >= 4 is 23.2 Å². The molecule has 0 fully saturated rings. The van der Waals surface area contributed by atoms with Gasteiger partial charge in [0.25, 0.3) is 11.8 Å². The minimum Gasteiger partial charge on any atom is -0.481 e. The first-order chi connectivity index (χ1) is 13.5. The fourth-order valence-electron chi connectivity index (χ4n) is 2.51. The number of hydrogen-bond donors (Lipinski definition) is 2. The van der Waals surface area contributed by atoms with Crippen molar-refractivity contribution in [2.75, 3.05) is 10.6 Å². The van der Waals surface area contributed by atoms with E-state index in [4.69, 9.17) is 4.74 Å². The van der Waals surface area contributed by atoms with Crippen LogP contribution in [0.4, 0.5) is 15.8 Å². The van der Waals surface area contributed by atoms with Gasteiger partial charge in [0.2, 0.25) is 0 Å². The molecule has 142 valence electrons. The van der Waals surface area contributed by atoms with Gasteiger partial charge >= 0.3 is 0 Å². The van der Waals surface area contributed by atoms with Gasteiger partial charge in [-0.05, 0) is 55.5 Å². The molecule has 0 aliphatic heterocycles. The molecule has 5 nitrogen and oxygen atoms in total. The van der Waals surface area contributed by atoms with Crippen LogP contribution >= 0.6 is 0 Å². The van der Waals surface area contributed by atoms with E-state index < -0.39 is 17.8 Å². The van der Waals surface area contributed by atoms with Crippen molar-refractivity contribution in [2.45, 2.75) is 13.0 Å². The molecule has 1 atom stereocenters. The van der Waals surface area contributed by atoms with Crippen LogP contribution in [0.1, 0.15) is 17.3 Å². The van der Waals surface area contributed by atoms with Crippen molar-refractivity contribution in [3.63, 3.8) is 0 Å². The topological polar surface area (TPSA) is 67.4 Å². The lowest BCUT2D eigenvalue weighted by Crippen LogP contribution is -2.31. The third-order valence-corrected chi connectivity index (χ3v) is 3.96. The van der Waals surface area contributed by atoms with E-state index in [0.29, 0.717) is 17.1 Å². The molecule has 0 saturated heterocycles. The number of halogens is 1. The molecule has 0 heterocycles. The van der Waals surface area contributed by atoms with Gasteiger partial charge in [-0.1, -0.05) is 30.3 Å². The van der Waals surface area contributed by atoms with Crippen LogP contribution in [0.15, 0.2) is 78.9 Å². The molecule has 0 saturated carbocycles. The monoisotopic (exact) mass is 378 g/mol. The highest BCUT2D eigenvalue weighted by molar-refractivity contribution is 6.10. The minimum atomic E-state index is -0.754. The van der Waals surface area contributed by atoms with E-state index in [9.17, 15) is 14.0 Å². The van der Waals surface area contributed by atoms with E-state index in [0.717, 1.165) is 0 Å². The van der Waals surface area contributed by atoms with Gasteiger partial charge in [0.1, 0.15) is 11.6 Å². The number of hydrogen-bond acceptors (Lipinski definition) is 3. The van der Waals surface area contributed by atoms with E-state index in [1.54, 1.807) is 43.3 Å². The Morgan fingerprint density at radius 1 is 0.857 bits per heavy atom. The Bertz CT molecular complexity index is 959. The average Bonchev–Trinajstić information content (AvgIpc) is 2.71. The lowest BCUT2D eigenvalue weighted by atomic mass is 10.1. The molecule has 3 aromatic carbocycles. The first-order valence-corrected chi connectivity index (χ1v) is 8.71. The Hall–Kier alpha value is -3.67. The van der Waals surface area contributed by atoms with E-state index in [1.807, 2.05) is 18.2 Å². The second-order valence-corrected chi connectivity index (χ2v) is 6.07. The molecule has 0 radical (unpaired) electrons. The summed E-state index contributed by atoms with van der Waals surface area (Å²) >= 11 is 0. The highest BCUT2D eigenvalue weighted by atomic mass is 19.1. The van der Waals surface area contributed by atoms with Crippen LogP contribution < -0.4 is 15.4 Å². The van der Waals surface area contributed by atoms with Crippen LogP contribution in [0.5, 0.6) is 5.75 Å². The highest BCUT2D eigenvalue weighted by Crippen LogP contribution is 2.19. The Morgan fingerprint density at radius 3 is 2.21 bits per heavy atom. The molecule has 28 heavy (non-hydrogen) atoms. The SMILES string of the molecule is C[C@@H](Oc1ccccc1)C(=O)Nc1ccccc1C(=O)Nc1ccc(F)cc1. The zero-order valence-corrected chi connectivity index (χ0v) is 15.2. The smallest absolute Gasteiger partial charge is 0.265 e. The van der Waals surface area contributed by atoms with Gasteiger partial charge in [-0.2, -0.15) is 0 Å². The summed E-state index contributed by atoms with van der Waals surface area (Å²) < 4.78 is 18.6. The summed E-state index contributed by atoms with van der Waals surface area (Å²) in [5, 5.41) is 5.40. The van der Waals surface area contributed by atoms with Gasteiger partial charge in [-0.15, -0.1) is 0 Å². The number of rotatable bonds is 6. The minimum absolute atomic E-state index is 0.284. The summed E-state index contributed by atoms with van der Waals surface area (Å²) in [5.74, 6) is -0.615. The molecular weight excluding hydrogens is 359 g/mol. The molecule has 0 unspecified atom stereocenters. The van der Waals surface area contributed by atoms with Crippen LogP contribution in [0.2, 0.25) is 0 Å². The standard InChI is InChI=1S/C22H19FN2O3/c1-15(28-18-7-3-2-4-8-18)21(26)25-20-10-6-5-9-19(20)22(27)24-17-13-11-16(23)12-14-17/h2-15H,1H3,(H,24,27)(H,25,26)/t15-/m1/s1. The molecule has 2 amide bonds. The van der Waals surface area contributed by atoms with Crippen LogP contribution in [-0.2, 0) is 4.79 Å². The van der Waals surface area contributed by atoms with Crippen LogP contribution in [0, 0.1) is 5.82 Å². The summed E-state index contributed by atoms with van der Waals surface area (Å²) in [6.45, 7) is 1.63. The maximum absolute atomic E-state index is 13.0. The van der Waals surface area contributed by atoms with Crippen LogP contribution in [-0.4, -0.2) is 17.9 Å². The molecule has 2 N–H and O–H groups in total. The maximum atomic E-state index is 13.0. The molecule has 0 aliphatic rings. The Morgan fingerprint density at radius 2 is 1.50 bits per heavy atom. The third-order valence-electron chi connectivity index (χ3n) is 3.96. The van der Waals surface area contributed by atoms with Crippen molar-refractivity contribution < 1.29 is 18.7 Å². The quantitative estimate of drug-likeness (QED) is 0.664. The predicted molar refractivity (Wildman–Crippen MR) is 106 cm³/mol. The lowest BCUT2D eigenvalue weighted by Gasteiger charge is -2.16. The molecule has 6 heteroatoms. The number of carbonyl (C=O) groups excluding carboxylic acids is 2. The normalized spacial score (nSPS) is 11.4. The van der Waals surface area contributed by atoms with Gasteiger partial charge < -0.3 is 15.4 Å². The molecule has 0 aromatic heterocycles. The van der Waals surface area contributed by atoms with Crippen molar-refractivity contribution in [1.29, 1.82) is 0 Å². The second-order valence-electron chi connectivity index (χ2n) is 6.07. The first kappa shape index (κ1) is 19.1. The summed E-state index contributed by atoms with van der Waals surface area (Å²) in [6.07, 6.45) is -0.754. The van der Waals surface area contributed by atoms with E-state index in [-0.39, 0.29) is 11.5 Å². The van der Waals surface area contributed by atoms with E-state index in [1.165, 1.54) is 24.3 Å². The Kier molecular flexibility index (Phi) is 6.01. The van der Waals surface area contributed by atoms with Crippen molar-refractivity contribution in [1.82, 2.24) is 0 Å². The number of benzene rings is 3. The molecule has 3 aromatic rings. The third kappa shape index (κ3) is 4.94. The number of amides is 2. The van der Waals surface area contributed by atoms with Gasteiger partial charge in [0, 0.05) is 5.69 Å². The molecule has 3 rings (SSSR count). The van der Waals surface area contributed by atoms with Gasteiger partial charge in [0.15, 0.2) is 6.10 Å². The van der Waals surface area contributed by atoms with Crippen LogP contribution in [0.3, 0.4) is 0 Å². The maximum Gasteiger partial charge on any atom is 0.265 e. The number of anilines is 2. The Labute approximate surface area is 162 Å². The zero-order chi connectivity index (χ0) is 19.9. The molecule has 0 aliphatic carbocycles. The molecule has 0 spiro atoms. The van der Waals surface area contributed by atoms with E-state index in [2.05, 4.69) is 10.6 Å². The largest absolute Gasteiger partial charge is 0.481 e. The average molecular weight is 378 g/mol. The van der Waals surface area contributed by atoms with E-state index >= 15 is 0 Å². The second kappa shape index (κ2) is 8.81. The lowest BCUT2D eigenvalue weighted by molar-refractivity contribution is -0.122. The fraction of sp³-hybridized carbons (Fsp3) is 0.0909. The number of carbonyl (C=O) groups is 2. The molecular formula is C22H19FN2O3. The van der Waals surface area contributed by atoms with Crippen molar-refractivity contribution in [3.8, 4) is 5.75 Å². The zero-order valence-electron chi connectivity index (χ0n) is 15.2. The summed E-state index contributed by atoms with van der Waals surface area (Å²) in [5.41, 5.74) is 1.09. The summed E-state index contributed by atoms with van der Waals surface area (Å²) in [6, 6.07) is 21.1. The molecule has 0 bridgehead atoms. The number of nitrogens with one attached hydrogen (secondary N) is 2. The Balaban J connectivity index is 1.69.